The average molecular weight is 413 g/mol. The molecule has 0 spiro atoms. The number of carboxylic acid groups (broad SMARTS) is 4. The van der Waals surface area contributed by atoms with Crippen molar-refractivity contribution >= 4 is 178 Å². The fraction of sp³-hybridized carbons (Fsp3) is 0.600. The van der Waals surface area contributed by atoms with Crippen LogP contribution in [-0.4, -0.2) is 210 Å². The molecule has 10 nitrogen and oxygen atoms in total. The molecule has 8 N–H and O–H groups in total. The Labute approximate surface area is 259 Å². The molecule has 0 fully saturated rings. The quantitative estimate of drug-likeness (QED) is 0.205. The first kappa shape index (κ1) is 33.3. The van der Waals surface area contributed by atoms with Gasteiger partial charge in [0.1, 0.15) is 0 Å². The summed E-state index contributed by atoms with van der Waals surface area (Å²) in [4.78, 5) is 43.2. The molecule has 0 aromatic heterocycles. The van der Waals surface area contributed by atoms with Gasteiger partial charge in [0, 0.05) is 0 Å². The van der Waals surface area contributed by atoms with E-state index in [9.17, 15) is 19.2 Å². The van der Waals surface area contributed by atoms with Crippen molar-refractivity contribution in [1.29, 1.82) is 0 Å². The van der Waals surface area contributed by atoms with Crippen molar-refractivity contribution < 1.29 is 39.6 Å². The number of hydrogen-bond donors (Lipinski definition) is 6. The summed E-state index contributed by atoms with van der Waals surface area (Å²) in [6.07, 6.45) is -3.90. The summed E-state index contributed by atoms with van der Waals surface area (Å²) in [5.74, 6) is -6.06. The van der Waals surface area contributed by atoms with Crippen molar-refractivity contribution in [3.63, 3.8) is 0 Å². The number of hydrogen-bond acceptors (Lipinski definition) is 6. The molecule has 0 unspecified atom stereocenters. The Bertz CT molecular complexity index is 374. The topological polar surface area (TPSA) is 201 Å². The molecule has 0 aliphatic carbocycles. The second-order valence-corrected chi connectivity index (χ2v) is 4.59. The van der Waals surface area contributed by atoms with Gasteiger partial charge >= 0.3 is 178 Å². The number of carbonyl (C=O) groups is 4. The minimum atomic E-state index is -2.22. The van der Waals surface area contributed by atoms with Crippen LogP contribution in [0.4, 0.5) is 0 Å². The first-order valence-corrected chi connectivity index (χ1v) is 5.37. The Morgan fingerprint density at radius 1 is 0.565 bits per heavy atom. The molecule has 0 radical (unpaired) electrons. The molecule has 0 aromatic carbocycles. The zero-order chi connectivity index (χ0) is 16.1. The number of nitrogens with two attached hydrogens (primary N) is 2. The summed E-state index contributed by atoms with van der Waals surface area (Å²) in [5.41, 5.74) is 6.88. The van der Waals surface area contributed by atoms with Gasteiger partial charge in [-0.2, -0.15) is 0 Å². The maximum atomic E-state index is 10.8. The Kier molecular flexibility index (Phi) is 21.3. The molecule has 0 atom stereocenters. The van der Waals surface area contributed by atoms with Gasteiger partial charge < -0.3 is 31.9 Å². The maximum absolute atomic E-state index is 10.8. The summed E-state index contributed by atoms with van der Waals surface area (Å²) in [7, 11) is 0. The molecular weight excluding hydrogens is 393 g/mol. The Hall–Kier alpha value is 2.71. The van der Waals surface area contributed by atoms with Gasteiger partial charge in [-0.15, -0.1) is 0 Å². The van der Waals surface area contributed by atoms with Gasteiger partial charge in [0.25, 0.3) is 0 Å². The summed E-state index contributed by atoms with van der Waals surface area (Å²) < 4.78 is 0. The minimum absolute atomic E-state index is 0. The summed E-state index contributed by atoms with van der Waals surface area (Å²) in [6.45, 7) is 0. The molecule has 0 aliphatic heterocycles. The normalized spacial score (nSPS) is 10.3. The predicted molar refractivity (Wildman–Crippen MR) is 84.3 cm³/mol. The van der Waals surface area contributed by atoms with Crippen LogP contribution in [0.2, 0.25) is 0 Å². The van der Waals surface area contributed by atoms with Crippen LogP contribution in [0.5, 0.6) is 0 Å². The SMILES string of the molecule is NC(CC(=O)O)(CC(=O)O)C(N)(CC(=O)O)CC(=O)O.[KH].[KH].[KH]. The molecule has 0 rings (SSSR count). The fourth-order valence-corrected chi connectivity index (χ4v) is 1.91. The van der Waals surface area contributed by atoms with Crippen molar-refractivity contribution in [2.45, 2.75) is 36.8 Å². The Morgan fingerprint density at radius 3 is 0.783 bits per heavy atom. The monoisotopic (exact) mass is 412 g/mol. The molecule has 0 amide bonds. The fourth-order valence-electron chi connectivity index (χ4n) is 1.91. The average Bonchev–Trinajstić information content (AvgIpc) is 2.10. The van der Waals surface area contributed by atoms with Crippen LogP contribution in [-0.2, 0) is 19.2 Å². The van der Waals surface area contributed by atoms with Crippen LogP contribution in [0.1, 0.15) is 25.7 Å². The molecule has 120 valence electrons. The van der Waals surface area contributed by atoms with E-state index < -0.39 is 60.6 Å². The molecule has 23 heavy (non-hydrogen) atoms. The van der Waals surface area contributed by atoms with E-state index in [-0.39, 0.29) is 154 Å². The van der Waals surface area contributed by atoms with Crippen LogP contribution in [0.3, 0.4) is 0 Å². The molecule has 0 aromatic rings. The van der Waals surface area contributed by atoms with E-state index in [1.54, 1.807) is 0 Å². The molecule has 0 aliphatic rings. The van der Waals surface area contributed by atoms with Crippen LogP contribution >= 0.6 is 0 Å². The molecule has 0 saturated heterocycles. The van der Waals surface area contributed by atoms with Crippen molar-refractivity contribution in [2.24, 2.45) is 11.5 Å². The van der Waals surface area contributed by atoms with Crippen LogP contribution < -0.4 is 11.5 Å². The van der Waals surface area contributed by atoms with Gasteiger partial charge in [0.15, 0.2) is 0 Å². The van der Waals surface area contributed by atoms with Gasteiger partial charge in [-0.3, -0.25) is 19.2 Å². The third-order valence-corrected chi connectivity index (χ3v) is 2.86. The van der Waals surface area contributed by atoms with E-state index in [4.69, 9.17) is 31.9 Å². The first-order valence-electron chi connectivity index (χ1n) is 5.37. The van der Waals surface area contributed by atoms with E-state index in [2.05, 4.69) is 0 Å². The van der Waals surface area contributed by atoms with E-state index in [0.29, 0.717) is 0 Å². The second-order valence-electron chi connectivity index (χ2n) is 4.59. The zero-order valence-corrected chi connectivity index (χ0v) is 10.4. The Balaban J connectivity index is -0.000000602. The number of rotatable bonds is 9. The molecule has 0 heterocycles. The van der Waals surface area contributed by atoms with Crippen LogP contribution in [0.25, 0.3) is 0 Å². The van der Waals surface area contributed by atoms with Crippen molar-refractivity contribution in [3.05, 3.63) is 0 Å². The van der Waals surface area contributed by atoms with Crippen molar-refractivity contribution in [3.8, 4) is 0 Å². The summed E-state index contributed by atoms with van der Waals surface area (Å²) >= 11 is 0. The van der Waals surface area contributed by atoms with Crippen LogP contribution in [0.15, 0.2) is 0 Å². The van der Waals surface area contributed by atoms with Gasteiger partial charge in [0.05, 0.1) is 36.8 Å². The molecular formula is C10H19K3N2O8. The van der Waals surface area contributed by atoms with E-state index in [1.165, 1.54) is 0 Å². The summed E-state index contributed by atoms with van der Waals surface area (Å²) in [5, 5.41) is 35.1. The third-order valence-electron chi connectivity index (χ3n) is 2.86. The second kappa shape index (κ2) is 14.7. The van der Waals surface area contributed by atoms with Gasteiger partial charge in [0.2, 0.25) is 0 Å². The standard InChI is InChI=1S/C10H16N2O8.3K.3H/c11-9(1-5(13)14,2-6(15)16)10(12,3-7(17)18)4-8(19)20;;;;;;/h1-4,11-12H2,(H,13,14)(H,15,16)(H,17,18)(H,19,20);;;;;;. The zero-order valence-electron chi connectivity index (χ0n) is 10.4. The third kappa shape index (κ3) is 12.7. The first-order chi connectivity index (χ1) is 8.92. The van der Waals surface area contributed by atoms with Gasteiger partial charge in [-0.1, -0.05) is 0 Å². The number of aliphatic carboxylic acids is 4. The van der Waals surface area contributed by atoms with E-state index in [0.717, 1.165) is 0 Å². The van der Waals surface area contributed by atoms with E-state index >= 15 is 0 Å². The summed E-state index contributed by atoms with van der Waals surface area (Å²) in [6, 6.07) is 0. The molecule has 13 heteroatoms. The van der Waals surface area contributed by atoms with Gasteiger partial charge in [-0.25, -0.2) is 0 Å². The molecule has 0 bridgehead atoms. The van der Waals surface area contributed by atoms with Crippen molar-refractivity contribution in [1.82, 2.24) is 0 Å². The van der Waals surface area contributed by atoms with Crippen LogP contribution in [0, 0.1) is 0 Å². The van der Waals surface area contributed by atoms with Crippen molar-refractivity contribution in [2.75, 3.05) is 0 Å². The number of carboxylic acids is 4. The van der Waals surface area contributed by atoms with E-state index in [1.807, 2.05) is 0 Å². The predicted octanol–water partition coefficient (Wildman–Crippen LogP) is -3.67. The Morgan fingerprint density at radius 2 is 0.696 bits per heavy atom. The molecule has 0 saturated carbocycles. The van der Waals surface area contributed by atoms with Gasteiger partial charge in [-0.05, 0) is 0 Å².